The molecule has 0 aromatic heterocycles. The second-order valence-corrected chi connectivity index (χ2v) is 6.93. The second kappa shape index (κ2) is 6.54. The van der Waals surface area contributed by atoms with Gasteiger partial charge in [0, 0.05) is 58.2 Å². The van der Waals surface area contributed by atoms with E-state index in [1.165, 1.54) is 0 Å². The number of likely N-dealkylation sites (tertiary alicyclic amines) is 1. The molecule has 0 bridgehead atoms. The normalized spacial score (nSPS) is 34.3. The number of hydrogen-bond donors (Lipinski definition) is 1. The molecule has 0 aromatic rings. The van der Waals surface area contributed by atoms with E-state index in [1.807, 2.05) is 4.90 Å². The topological polar surface area (TPSA) is 64.1 Å². The van der Waals surface area contributed by atoms with Crippen LogP contribution in [0, 0.1) is 5.92 Å². The fraction of sp³-hybridized carbons (Fsp3) is 0.875. The number of carbonyl (C=O) groups is 2. The largest absolute Gasteiger partial charge is 0.391 e. The first-order chi connectivity index (χ1) is 10.6. The van der Waals surface area contributed by atoms with Gasteiger partial charge in [0.1, 0.15) is 0 Å². The molecule has 3 rings (SSSR count). The van der Waals surface area contributed by atoms with Gasteiger partial charge in [-0.25, -0.2) is 0 Å². The van der Waals surface area contributed by atoms with Crippen LogP contribution in [0.4, 0.5) is 0 Å². The minimum atomic E-state index is -0.200. The van der Waals surface area contributed by atoms with Crippen LogP contribution in [0.1, 0.15) is 32.1 Å². The Morgan fingerprint density at radius 1 is 1.09 bits per heavy atom. The molecule has 3 atom stereocenters. The molecule has 1 saturated carbocycles. The van der Waals surface area contributed by atoms with Gasteiger partial charge in [-0.3, -0.25) is 14.5 Å². The first-order valence-electron chi connectivity index (χ1n) is 8.51. The first-order valence-corrected chi connectivity index (χ1v) is 8.51. The summed E-state index contributed by atoms with van der Waals surface area (Å²) in [6.45, 7) is 3.82. The van der Waals surface area contributed by atoms with Crippen LogP contribution in [-0.4, -0.2) is 83.5 Å². The van der Waals surface area contributed by atoms with Crippen LogP contribution in [0.25, 0.3) is 0 Å². The number of aliphatic hydroxyl groups is 1. The van der Waals surface area contributed by atoms with Gasteiger partial charge in [0.25, 0.3) is 0 Å². The van der Waals surface area contributed by atoms with Crippen molar-refractivity contribution in [3.05, 3.63) is 0 Å². The highest BCUT2D eigenvalue weighted by Crippen LogP contribution is 2.26. The summed E-state index contributed by atoms with van der Waals surface area (Å²) < 4.78 is 0. The molecule has 2 saturated heterocycles. The molecule has 1 N–H and O–H groups in total. The van der Waals surface area contributed by atoms with Gasteiger partial charge < -0.3 is 14.9 Å². The van der Waals surface area contributed by atoms with Gasteiger partial charge >= 0.3 is 0 Å². The van der Waals surface area contributed by atoms with Crippen LogP contribution in [0.5, 0.6) is 0 Å². The molecular formula is C16H27N3O3. The van der Waals surface area contributed by atoms with Crippen molar-refractivity contribution in [1.82, 2.24) is 14.7 Å². The summed E-state index contributed by atoms with van der Waals surface area (Å²) in [6, 6.07) is 0.280. The summed E-state index contributed by atoms with van der Waals surface area (Å²) in [4.78, 5) is 30.3. The summed E-state index contributed by atoms with van der Waals surface area (Å²) in [5.74, 6) is 0.0951. The Morgan fingerprint density at radius 2 is 1.82 bits per heavy atom. The maximum Gasteiger partial charge on any atom is 0.226 e. The molecule has 3 fully saturated rings. The molecule has 2 amide bonds. The Hall–Kier alpha value is -1.14. The van der Waals surface area contributed by atoms with Crippen molar-refractivity contribution >= 4 is 11.8 Å². The van der Waals surface area contributed by atoms with Gasteiger partial charge in [-0.15, -0.1) is 0 Å². The zero-order valence-electron chi connectivity index (χ0n) is 13.4. The predicted octanol–water partition coefficient (Wildman–Crippen LogP) is -0.0876. The molecule has 2 heterocycles. The van der Waals surface area contributed by atoms with Gasteiger partial charge in [0.2, 0.25) is 11.8 Å². The summed E-state index contributed by atoms with van der Waals surface area (Å²) in [6.07, 6.45) is 4.01. The van der Waals surface area contributed by atoms with Crippen LogP contribution in [0.2, 0.25) is 0 Å². The van der Waals surface area contributed by atoms with Gasteiger partial charge in [-0.05, 0) is 25.7 Å². The maximum absolute atomic E-state index is 12.6. The monoisotopic (exact) mass is 309 g/mol. The molecule has 1 aliphatic carbocycles. The van der Waals surface area contributed by atoms with Crippen LogP contribution in [-0.2, 0) is 9.59 Å². The standard InChI is InChI=1S/C16H27N3O3/c1-17-6-5-12(11-15(17)21)16(22)19-9-7-18(8-10-19)13-3-2-4-14(13)20/h12-14,20H,2-11H2,1H3/t12-,13+,14+/m0/s1. The Labute approximate surface area is 132 Å². The quantitative estimate of drug-likeness (QED) is 0.774. The van der Waals surface area contributed by atoms with E-state index in [-0.39, 0.29) is 29.9 Å². The van der Waals surface area contributed by atoms with E-state index in [4.69, 9.17) is 0 Å². The molecule has 0 unspecified atom stereocenters. The van der Waals surface area contributed by atoms with Crippen molar-refractivity contribution in [2.75, 3.05) is 39.8 Å². The van der Waals surface area contributed by atoms with Crippen LogP contribution in [0.3, 0.4) is 0 Å². The third-order valence-electron chi connectivity index (χ3n) is 5.55. The highest BCUT2D eigenvalue weighted by atomic mass is 16.3. The van der Waals surface area contributed by atoms with Crippen molar-refractivity contribution in [2.24, 2.45) is 5.92 Å². The molecule has 22 heavy (non-hydrogen) atoms. The Bertz CT molecular complexity index is 434. The van der Waals surface area contributed by atoms with Crippen molar-refractivity contribution < 1.29 is 14.7 Å². The summed E-state index contributed by atoms with van der Waals surface area (Å²) in [7, 11) is 1.80. The van der Waals surface area contributed by atoms with Gasteiger partial charge in [-0.1, -0.05) is 0 Å². The zero-order valence-corrected chi connectivity index (χ0v) is 13.4. The van der Waals surface area contributed by atoms with Crippen molar-refractivity contribution in [3.63, 3.8) is 0 Å². The molecule has 124 valence electrons. The van der Waals surface area contributed by atoms with Crippen LogP contribution >= 0.6 is 0 Å². The van der Waals surface area contributed by atoms with E-state index in [0.717, 1.165) is 51.9 Å². The third kappa shape index (κ3) is 3.13. The van der Waals surface area contributed by atoms with Gasteiger partial charge in [0.15, 0.2) is 0 Å². The number of aliphatic hydroxyl groups excluding tert-OH is 1. The maximum atomic E-state index is 12.6. The molecule has 6 nitrogen and oxygen atoms in total. The van der Waals surface area contributed by atoms with E-state index in [0.29, 0.717) is 13.0 Å². The number of piperidine rings is 1. The minimum Gasteiger partial charge on any atom is -0.391 e. The lowest BCUT2D eigenvalue weighted by atomic mass is 9.94. The van der Waals surface area contributed by atoms with E-state index < -0.39 is 0 Å². The lowest BCUT2D eigenvalue weighted by Crippen LogP contribution is -2.55. The van der Waals surface area contributed by atoms with Gasteiger partial charge in [-0.2, -0.15) is 0 Å². The van der Waals surface area contributed by atoms with E-state index in [1.54, 1.807) is 11.9 Å². The average Bonchev–Trinajstić information content (AvgIpc) is 2.95. The number of rotatable bonds is 2. The van der Waals surface area contributed by atoms with Crippen molar-refractivity contribution in [1.29, 1.82) is 0 Å². The highest BCUT2D eigenvalue weighted by Gasteiger charge is 2.36. The van der Waals surface area contributed by atoms with Crippen molar-refractivity contribution in [2.45, 2.75) is 44.2 Å². The summed E-state index contributed by atoms with van der Waals surface area (Å²) in [5, 5.41) is 10.0. The lowest BCUT2D eigenvalue weighted by molar-refractivity contribution is -0.145. The number of hydrogen-bond acceptors (Lipinski definition) is 4. The van der Waals surface area contributed by atoms with Gasteiger partial charge in [0.05, 0.1) is 6.10 Å². The Balaban J connectivity index is 1.50. The number of amides is 2. The Kier molecular flexibility index (Phi) is 4.68. The second-order valence-electron chi connectivity index (χ2n) is 6.93. The predicted molar refractivity (Wildman–Crippen MR) is 82.2 cm³/mol. The summed E-state index contributed by atoms with van der Waals surface area (Å²) in [5.41, 5.74) is 0. The highest BCUT2D eigenvalue weighted by molar-refractivity contribution is 5.87. The fourth-order valence-electron chi connectivity index (χ4n) is 4.03. The summed E-state index contributed by atoms with van der Waals surface area (Å²) >= 11 is 0. The Morgan fingerprint density at radius 3 is 2.41 bits per heavy atom. The number of piperazine rings is 1. The molecule has 2 aliphatic heterocycles. The smallest absolute Gasteiger partial charge is 0.226 e. The van der Waals surface area contributed by atoms with E-state index >= 15 is 0 Å². The minimum absolute atomic E-state index is 0.0808. The zero-order chi connectivity index (χ0) is 15.7. The molecule has 0 spiro atoms. The fourth-order valence-corrected chi connectivity index (χ4v) is 4.03. The molecule has 0 radical (unpaired) electrons. The molecule has 0 aromatic carbocycles. The van der Waals surface area contributed by atoms with Crippen molar-refractivity contribution in [3.8, 4) is 0 Å². The molecular weight excluding hydrogens is 282 g/mol. The molecule has 6 heteroatoms. The average molecular weight is 309 g/mol. The first kappa shape index (κ1) is 15.7. The van der Waals surface area contributed by atoms with E-state index in [2.05, 4.69) is 4.90 Å². The number of carbonyl (C=O) groups excluding carboxylic acids is 2. The third-order valence-corrected chi connectivity index (χ3v) is 5.55. The van der Waals surface area contributed by atoms with Crippen LogP contribution < -0.4 is 0 Å². The SMILES string of the molecule is CN1CC[C@H](C(=O)N2CCN([C@@H]3CCC[C@H]3O)CC2)CC1=O. The van der Waals surface area contributed by atoms with Crippen LogP contribution in [0.15, 0.2) is 0 Å². The number of nitrogens with zero attached hydrogens (tertiary/aromatic N) is 3. The molecule has 3 aliphatic rings. The van der Waals surface area contributed by atoms with E-state index in [9.17, 15) is 14.7 Å². The lowest BCUT2D eigenvalue weighted by Gasteiger charge is -2.40.